The highest BCUT2D eigenvalue weighted by Gasteiger charge is 2.30. The normalized spacial score (nSPS) is 26.7. The second-order valence-electron chi connectivity index (χ2n) is 4.69. The molecule has 1 fully saturated rings. The Bertz CT molecular complexity index is 255. The third-order valence-electron chi connectivity index (χ3n) is 3.10. The summed E-state index contributed by atoms with van der Waals surface area (Å²) in [5.74, 6) is 0.756. The van der Waals surface area contributed by atoms with Crippen molar-refractivity contribution in [2.24, 2.45) is 11.8 Å². The van der Waals surface area contributed by atoms with Crippen LogP contribution in [0.1, 0.15) is 32.1 Å². The summed E-state index contributed by atoms with van der Waals surface area (Å²) in [4.78, 5) is 14.1. The fourth-order valence-corrected chi connectivity index (χ4v) is 2.38. The first-order valence-corrected chi connectivity index (χ1v) is 5.70. The third-order valence-corrected chi connectivity index (χ3v) is 3.10. The van der Waals surface area contributed by atoms with E-state index < -0.39 is 0 Å². The zero-order valence-electron chi connectivity index (χ0n) is 9.70. The molecular weight excluding hydrogens is 188 g/mol. The number of hydrogen-bond acceptors (Lipinski definition) is 3. The van der Waals surface area contributed by atoms with Gasteiger partial charge in [-0.05, 0) is 33.4 Å². The van der Waals surface area contributed by atoms with Crippen LogP contribution in [0.3, 0.4) is 0 Å². The highest BCUT2D eigenvalue weighted by Crippen LogP contribution is 2.28. The van der Waals surface area contributed by atoms with Crippen molar-refractivity contribution in [1.82, 2.24) is 4.90 Å². The van der Waals surface area contributed by atoms with Crippen LogP contribution in [0.15, 0.2) is 0 Å². The highest BCUT2D eigenvalue weighted by atomic mass is 16.1. The van der Waals surface area contributed by atoms with Crippen molar-refractivity contribution >= 4 is 5.78 Å². The number of rotatable bonds is 4. The molecular formula is C12H20N2O. The number of nitriles is 1. The maximum absolute atomic E-state index is 12.0. The molecule has 84 valence electrons. The summed E-state index contributed by atoms with van der Waals surface area (Å²) >= 11 is 0. The van der Waals surface area contributed by atoms with E-state index in [0.717, 1.165) is 32.2 Å². The lowest BCUT2D eigenvalue weighted by Gasteiger charge is -2.29. The Balaban J connectivity index is 2.48. The fraction of sp³-hybridized carbons (Fsp3) is 0.833. The molecule has 0 saturated heterocycles. The maximum atomic E-state index is 12.0. The molecule has 2 atom stereocenters. The molecule has 0 N–H and O–H groups in total. The van der Waals surface area contributed by atoms with Crippen molar-refractivity contribution in [3.8, 4) is 6.07 Å². The second-order valence-corrected chi connectivity index (χ2v) is 4.69. The molecule has 0 aromatic rings. The lowest BCUT2D eigenvalue weighted by atomic mass is 9.78. The van der Waals surface area contributed by atoms with Crippen LogP contribution in [-0.2, 0) is 4.79 Å². The molecule has 0 amide bonds. The summed E-state index contributed by atoms with van der Waals surface area (Å²) in [6.07, 6.45) is 4.44. The van der Waals surface area contributed by atoms with E-state index in [1.165, 1.54) is 0 Å². The predicted octanol–water partition coefficient (Wildman–Crippen LogP) is 1.84. The molecule has 2 unspecified atom stereocenters. The molecule has 0 heterocycles. The van der Waals surface area contributed by atoms with Crippen molar-refractivity contribution in [3.05, 3.63) is 0 Å². The van der Waals surface area contributed by atoms with Crippen LogP contribution >= 0.6 is 0 Å². The zero-order valence-corrected chi connectivity index (χ0v) is 9.70. The topological polar surface area (TPSA) is 44.1 Å². The molecule has 0 spiro atoms. The zero-order chi connectivity index (χ0) is 11.3. The minimum atomic E-state index is 0.156. The summed E-state index contributed by atoms with van der Waals surface area (Å²) in [6, 6.07) is 2.13. The molecule has 3 nitrogen and oxygen atoms in total. The Hall–Kier alpha value is -0.880. The van der Waals surface area contributed by atoms with E-state index in [2.05, 4.69) is 11.0 Å². The Morgan fingerprint density at radius 2 is 2.07 bits per heavy atom. The van der Waals surface area contributed by atoms with Gasteiger partial charge < -0.3 is 4.90 Å². The number of hydrogen-bond donors (Lipinski definition) is 0. The number of carbonyl (C=O) groups excluding carboxylic acids is 1. The van der Waals surface area contributed by atoms with Crippen molar-refractivity contribution in [2.75, 3.05) is 20.6 Å². The predicted molar refractivity (Wildman–Crippen MR) is 59.2 cm³/mol. The molecule has 1 aliphatic carbocycles. The average molecular weight is 208 g/mol. The van der Waals surface area contributed by atoms with Gasteiger partial charge >= 0.3 is 0 Å². The first-order chi connectivity index (χ1) is 7.15. The van der Waals surface area contributed by atoms with Gasteiger partial charge in [0.1, 0.15) is 5.78 Å². The van der Waals surface area contributed by atoms with Gasteiger partial charge in [0.25, 0.3) is 0 Å². The van der Waals surface area contributed by atoms with Crippen LogP contribution in [-0.4, -0.2) is 31.3 Å². The summed E-state index contributed by atoms with van der Waals surface area (Å²) in [5.41, 5.74) is 0. The van der Waals surface area contributed by atoms with Crippen LogP contribution in [0, 0.1) is 23.2 Å². The maximum Gasteiger partial charge on any atom is 0.140 e. The first-order valence-electron chi connectivity index (χ1n) is 5.70. The average Bonchev–Trinajstić information content (AvgIpc) is 2.19. The summed E-state index contributed by atoms with van der Waals surface area (Å²) in [5, 5.41) is 8.52. The summed E-state index contributed by atoms with van der Waals surface area (Å²) < 4.78 is 0. The number of nitrogens with zero attached hydrogens (tertiary/aromatic N) is 2. The smallest absolute Gasteiger partial charge is 0.140 e. The highest BCUT2D eigenvalue weighted by molar-refractivity contribution is 5.84. The van der Waals surface area contributed by atoms with Crippen molar-refractivity contribution in [2.45, 2.75) is 32.1 Å². The lowest BCUT2D eigenvalue weighted by molar-refractivity contribution is -0.129. The molecule has 1 rings (SSSR count). The fourth-order valence-electron chi connectivity index (χ4n) is 2.38. The van der Waals surface area contributed by atoms with Gasteiger partial charge in [-0.25, -0.2) is 0 Å². The van der Waals surface area contributed by atoms with E-state index in [9.17, 15) is 4.79 Å². The molecule has 0 radical (unpaired) electrons. The van der Waals surface area contributed by atoms with E-state index in [4.69, 9.17) is 5.26 Å². The van der Waals surface area contributed by atoms with Gasteiger partial charge in [-0.15, -0.1) is 0 Å². The van der Waals surface area contributed by atoms with E-state index in [1.54, 1.807) is 0 Å². The van der Waals surface area contributed by atoms with Crippen molar-refractivity contribution < 1.29 is 4.79 Å². The first kappa shape index (κ1) is 12.2. The van der Waals surface area contributed by atoms with Gasteiger partial charge in [-0.3, -0.25) is 4.79 Å². The monoisotopic (exact) mass is 208 g/mol. The van der Waals surface area contributed by atoms with E-state index in [-0.39, 0.29) is 11.8 Å². The standard InChI is InChI=1S/C12H20N2O/c1-14(2)9-11-6-3-5-10(12(11)15)7-4-8-13/h10-11H,3-7,9H2,1-2H3. The second kappa shape index (κ2) is 5.87. The minimum Gasteiger partial charge on any atom is -0.309 e. The van der Waals surface area contributed by atoms with Gasteiger partial charge in [0.05, 0.1) is 6.07 Å². The van der Waals surface area contributed by atoms with E-state index in [0.29, 0.717) is 12.2 Å². The molecule has 0 aromatic heterocycles. The van der Waals surface area contributed by atoms with Crippen molar-refractivity contribution in [1.29, 1.82) is 5.26 Å². The third kappa shape index (κ3) is 3.64. The Labute approximate surface area is 92.1 Å². The Morgan fingerprint density at radius 1 is 1.40 bits per heavy atom. The summed E-state index contributed by atoms with van der Waals surface area (Å²) in [7, 11) is 4.01. The van der Waals surface area contributed by atoms with Crippen LogP contribution in [0.5, 0.6) is 0 Å². The molecule has 0 bridgehead atoms. The lowest BCUT2D eigenvalue weighted by Crippen LogP contribution is -2.35. The van der Waals surface area contributed by atoms with Crippen LogP contribution < -0.4 is 0 Å². The summed E-state index contributed by atoms with van der Waals surface area (Å²) in [6.45, 7) is 0.863. The minimum absolute atomic E-state index is 0.156. The molecule has 0 aliphatic heterocycles. The SMILES string of the molecule is CN(C)CC1CCCC(CCC#N)C1=O. The van der Waals surface area contributed by atoms with E-state index >= 15 is 0 Å². The van der Waals surface area contributed by atoms with Gasteiger partial charge in [0.2, 0.25) is 0 Å². The molecule has 3 heteroatoms. The van der Waals surface area contributed by atoms with Crippen LogP contribution in [0.4, 0.5) is 0 Å². The van der Waals surface area contributed by atoms with Crippen molar-refractivity contribution in [3.63, 3.8) is 0 Å². The quantitative estimate of drug-likeness (QED) is 0.708. The van der Waals surface area contributed by atoms with Crippen LogP contribution in [0.25, 0.3) is 0 Å². The van der Waals surface area contributed by atoms with E-state index in [1.807, 2.05) is 14.1 Å². The van der Waals surface area contributed by atoms with Gasteiger partial charge in [-0.2, -0.15) is 5.26 Å². The number of ketones is 1. The molecule has 1 aliphatic rings. The Kier molecular flexibility index (Phi) is 4.77. The Morgan fingerprint density at radius 3 is 2.67 bits per heavy atom. The molecule has 1 saturated carbocycles. The van der Waals surface area contributed by atoms with Crippen LogP contribution in [0.2, 0.25) is 0 Å². The largest absolute Gasteiger partial charge is 0.309 e. The molecule has 15 heavy (non-hydrogen) atoms. The number of carbonyl (C=O) groups is 1. The molecule has 0 aromatic carbocycles. The van der Waals surface area contributed by atoms with Gasteiger partial charge in [0.15, 0.2) is 0 Å². The van der Waals surface area contributed by atoms with Gasteiger partial charge in [-0.1, -0.05) is 6.42 Å². The number of Topliss-reactive ketones (excluding diaryl/α,β-unsaturated/α-hetero) is 1. The van der Waals surface area contributed by atoms with Gasteiger partial charge in [0, 0.05) is 24.8 Å².